The van der Waals surface area contributed by atoms with Gasteiger partial charge in [0.1, 0.15) is 0 Å². The van der Waals surface area contributed by atoms with Gasteiger partial charge in [-0.1, -0.05) is 28.1 Å². The van der Waals surface area contributed by atoms with Crippen LogP contribution in [-0.2, 0) is 23.2 Å². The van der Waals surface area contributed by atoms with Crippen LogP contribution in [0, 0.1) is 5.92 Å². The largest absolute Gasteiger partial charge is 0.529 e. The van der Waals surface area contributed by atoms with Gasteiger partial charge in [0.25, 0.3) is 0 Å². The Morgan fingerprint density at radius 1 is 1.31 bits per heavy atom. The number of nitrogens with zero attached hydrogens (tertiary/aromatic N) is 5. The Kier molecular flexibility index (Phi) is 7.92. The van der Waals surface area contributed by atoms with Gasteiger partial charge in [-0.05, 0) is 50.5 Å². The first-order valence-corrected chi connectivity index (χ1v) is 14.7. The van der Waals surface area contributed by atoms with Gasteiger partial charge in [0, 0.05) is 16.4 Å². The number of carbonyl (C=O) groups excluding carboxylic acids is 1. The third-order valence-electron chi connectivity index (χ3n) is 6.49. The van der Waals surface area contributed by atoms with Gasteiger partial charge in [-0.25, -0.2) is 19.4 Å². The molecule has 13 nitrogen and oxygen atoms in total. The Bertz CT molecular complexity index is 1430. The van der Waals surface area contributed by atoms with Crippen LogP contribution in [-0.4, -0.2) is 56.2 Å². The van der Waals surface area contributed by atoms with E-state index in [0.29, 0.717) is 35.1 Å². The number of aromatic nitrogens is 4. The lowest BCUT2D eigenvalue weighted by atomic mass is 10.1. The van der Waals surface area contributed by atoms with E-state index >= 15 is 0 Å². The highest BCUT2D eigenvalue weighted by molar-refractivity contribution is 9.10. The average Bonchev–Trinajstić information content (AvgIpc) is 3.41. The normalized spacial score (nSPS) is 21.0. The number of carbonyl (C=O) groups is 1. The van der Waals surface area contributed by atoms with Gasteiger partial charge >= 0.3 is 13.8 Å². The van der Waals surface area contributed by atoms with Crippen molar-refractivity contribution < 1.29 is 28.1 Å². The molecule has 3 aromatic rings. The van der Waals surface area contributed by atoms with Crippen LogP contribution >= 0.6 is 23.8 Å². The highest BCUT2D eigenvalue weighted by Crippen LogP contribution is 2.45. The van der Waals surface area contributed by atoms with Gasteiger partial charge in [-0.15, -0.1) is 0 Å². The van der Waals surface area contributed by atoms with Crippen molar-refractivity contribution in [2.75, 3.05) is 29.8 Å². The number of anilines is 3. The van der Waals surface area contributed by atoms with E-state index < -0.39 is 19.8 Å². The molecule has 1 fully saturated rings. The average molecular weight is 622 g/mol. The number of hydrogen-bond acceptors (Lipinski definition) is 11. The summed E-state index contributed by atoms with van der Waals surface area (Å²) in [7, 11) is -3.30. The number of nitrogens with two attached hydrogens (primary N) is 1. The van der Waals surface area contributed by atoms with E-state index in [4.69, 9.17) is 19.6 Å². The number of fused-ring (bicyclic) bond motifs is 1. The molecule has 39 heavy (non-hydrogen) atoms. The van der Waals surface area contributed by atoms with Gasteiger partial charge < -0.3 is 20.1 Å². The fourth-order valence-electron chi connectivity index (χ4n) is 4.36. The quantitative estimate of drug-likeness (QED) is 0.160. The molecule has 1 unspecified atom stereocenters. The molecule has 5 rings (SSSR count). The number of nitrogens with one attached hydrogen (secondary N) is 1. The molecular weight excluding hydrogens is 593 g/mol. The third-order valence-corrected chi connectivity index (χ3v) is 7.91. The second-order valence-electron chi connectivity index (χ2n) is 9.46. The lowest BCUT2D eigenvalue weighted by molar-refractivity contribution is -0.139. The van der Waals surface area contributed by atoms with Crippen LogP contribution in [0.4, 0.5) is 17.5 Å². The predicted molar refractivity (Wildman–Crippen MR) is 148 cm³/mol. The number of hydrogen-bond donors (Lipinski definition) is 3. The summed E-state index contributed by atoms with van der Waals surface area (Å²) in [5, 5.41) is 4.61. The molecule has 208 valence electrons. The van der Waals surface area contributed by atoms with Crippen LogP contribution in [0.1, 0.15) is 32.2 Å². The second kappa shape index (κ2) is 11.2. The number of allylic oxidation sites excluding steroid dienone is 1. The molecule has 1 saturated carbocycles. The maximum Gasteiger partial charge on any atom is 0.529 e. The number of imidazole rings is 1. The number of benzene rings is 1. The van der Waals surface area contributed by atoms with E-state index in [2.05, 4.69) is 36.2 Å². The summed E-state index contributed by atoms with van der Waals surface area (Å²) in [6.45, 7) is 1.37. The van der Waals surface area contributed by atoms with E-state index in [1.807, 2.05) is 16.7 Å². The molecule has 2 aliphatic carbocycles. The Morgan fingerprint density at radius 2 is 2.05 bits per heavy atom. The molecule has 15 heteroatoms. The molecule has 0 spiro atoms. The molecule has 1 aromatic carbocycles. The van der Waals surface area contributed by atoms with Gasteiger partial charge in [0.2, 0.25) is 5.95 Å². The van der Waals surface area contributed by atoms with Crippen molar-refractivity contribution >= 4 is 58.3 Å². The molecule has 0 radical (unpaired) electrons. The van der Waals surface area contributed by atoms with Crippen LogP contribution in [0.3, 0.4) is 0 Å². The third kappa shape index (κ3) is 6.42. The summed E-state index contributed by atoms with van der Waals surface area (Å²) in [5.41, 5.74) is 7.75. The molecule has 0 bridgehead atoms. The Labute approximate surface area is 233 Å². The smallest absolute Gasteiger partial charge is 0.369 e. The first kappa shape index (κ1) is 27.5. The molecule has 0 saturated heterocycles. The van der Waals surface area contributed by atoms with Crippen molar-refractivity contribution in [3.63, 3.8) is 0 Å². The van der Waals surface area contributed by atoms with E-state index in [1.165, 1.54) is 19.1 Å². The van der Waals surface area contributed by atoms with Crippen LogP contribution in [0.5, 0.6) is 0 Å². The molecular formula is C24H29BrN7O6P. The monoisotopic (exact) mass is 621 g/mol. The first-order valence-electron chi connectivity index (χ1n) is 12.4. The van der Waals surface area contributed by atoms with Gasteiger partial charge in [0.05, 0.1) is 31.8 Å². The Balaban J connectivity index is 1.17. The number of phosphoric ester groups is 1. The summed E-state index contributed by atoms with van der Waals surface area (Å²) < 4.78 is 25.4. The van der Waals surface area contributed by atoms with Crippen molar-refractivity contribution in [1.82, 2.24) is 19.5 Å². The summed E-state index contributed by atoms with van der Waals surface area (Å²) in [6, 6.07) is 6.26. The number of nitrogen functional groups attached to an aromatic ring is 1. The van der Waals surface area contributed by atoms with Crippen LogP contribution < -0.4 is 16.1 Å². The maximum absolute atomic E-state index is 12.6. The van der Waals surface area contributed by atoms with E-state index in [0.717, 1.165) is 17.3 Å². The summed E-state index contributed by atoms with van der Waals surface area (Å²) in [6.07, 6.45) is 8.24. The molecule has 2 aliphatic rings. The predicted octanol–water partition coefficient (Wildman–Crippen LogP) is 3.98. The van der Waals surface area contributed by atoms with Crippen LogP contribution in [0.15, 0.2) is 47.2 Å². The van der Waals surface area contributed by atoms with Crippen molar-refractivity contribution in [2.24, 2.45) is 5.92 Å². The van der Waals surface area contributed by atoms with Gasteiger partial charge in [0.15, 0.2) is 23.0 Å². The van der Waals surface area contributed by atoms with Gasteiger partial charge in [-0.2, -0.15) is 9.97 Å². The standard InChI is InChI=1S/C24H29BrN7O6P/c1-14(32(36-2)18-9-4-16(25)5-10-18)23(33)38-39(34,35)37-12-15-3-8-19(11-15)31-13-27-20-21(28-17-6-7-17)29-24(26)30-22(20)31/h3-5,8-10,13-15,17,19H,6-7,11-12H2,1-2H3,(H,34,35)(H3,26,28,29,30)/t14-,15+,19-/m0/s1. The minimum atomic E-state index is -4.68. The summed E-state index contributed by atoms with van der Waals surface area (Å²) in [5.74, 6) is -0.405. The lowest BCUT2D eigenvalue weighted by Gasteiger charge is -2.27. The Hall–Kier alpha value is -3.03. The number of halogens is 1. The lowest BCUT2D eigenvalue weighted by Crippen LogP contribution is -2.39. The van der Waals surface area contributed by atoms with Crippen LogP contribution in [0.2, 0.25) is 0 Å². The fourth-order valence-corrected chi connectivity index (χ4v) is 5.43. The Morgan fingerprint density at radius 3 is 2.74 bits per heavy atom. The maximum atomic E-state index is 12.6. The minimum Gasteiger partial charge on any atom is -0.369 e. The van der Waals surface area contributed by atoms with Crippen LogP contribution in [0.25, 0.3) is 11.2 Å². The highest BCUT2D eigenvalue weighted by Gasteiger charge is 2.34. The zero-order valence-corrected chi connectivity index (χ0v) is 23.8. The SMILES string of the molecule is CON(c1ccc(Br)cc1)[C@@H](C)C(=O)OP(=O)(O)OC[C@@H]1C=C[C@H](n2cnc3c(NC4CC4)nc(N)nc32)C1. The van der Waals surface area contributed by atoms with E-state index in [-0.39, 0.29) is 24.5 Å². The summed E-state index contributed by atoms with van der Waals surface area (Å²) >= 11 is 3.35. The van der Waals surface area contributed by atoms with E-state index in [9.17, 15) is 14.3 Å². The molecule has 0 aliphatic heterocycles. The molecule has 2 heterocycles. The first-order chi connectivity index (χ1) is 18.6. The zero-order valence-electron chi connectivity index (χ0n) is 21.3. The van der Waals surface area contributed by atoms with Crippen molar-refractivity contribution in [3.8, 4) is 0 Å². The number of rotatable bonds is 11. The summed E-state index contributed by atoms with van der Waals surface area (Å²) in [4.78, 5) is 41.3. The van der Waals surface area contributed by atoms with Crippen molar-refractivity contribution in [1.29, 1.82) is 0 Å². The molecule has 4 N–H and O–H groups in total. The second-order valence-corrected chi connectivity index (χ2v) is 11.8. The van der Waals surface area contributed by atoms with Crippen molar-refractivity contribution in [3.05, 3.63) is 47.2 Å². The fraction of sp³-hybridized carbons (Fsp3) is 0.417. The number of hydroxylamine groups is 1. The van der Waals surface area contributed by atoms with Crippen molar-refractivity contribution in [2.45, 2.75) is 44.3 Å². The number of phosphoric acid groups is 1. The van der Waals surface area contributed by atoms with Gasteiger partial charge in [-0.3, -0.25) is 14.3 Å². The highest BCUT2D eigenvalue weighted by atomic mass is 79.9. The van der Waals surface area contributed by atoms with E-state index in [1.54, 1.807) is 30.6 Å². The topological polar surface area (TPSA) is 167 Å². The zero-order chi connectivity index (χ0) is 27.7. The molecule has 2 aromatic heterocycles. The minimum absolute atomic E-state index is 0.117. The molecule has 4 atom stereocenters. The molecule has 0 amide bonds.